The summed E-state index contributed by atoms with van der Waals surface area (Å²) in [4.78, 5) is 5.61. The SMILES string of the molecule is Cc1cc(C)nc(Sc2c(Cl)cccc2CCN)c1. The van der Waals surface area contributed by atoms with Gasteiger partial charge >= 0.3 is 0 Å². The standard InChI is InChI=1S/C15H17ClN2S/c1-10-8-11(2)18-14(9-10)19-15-12(6-7-17)4-3-5-13(15)16/h3-5,8-9H,6-7,17H2,1-2H3. The third kappa shape index (κ3) is 3.72. The van der Waals surface area contributed by atoms with E-state index in [9.17, 15) is 0 Å². The Labute approximate surface area is 123 Å². The first-order chi connectivity index (χ1) is 9.10. The predicted molar refractivity (Wildman–Crippen MR) is 82.0 cm³/mol. The van der Waals surface area contributed by atoms with Crippen LogP contribution in [0.4, 0.5) is 0 Å². The summed E-state index contributed by atoms with van der Waals surface area (Å²) >= 11 is 7.92. The zero-order valence-corrected chi connectivity index (χ0v) is 12.7. The maximum Gasteiger partial charge on any atom is 0.101 e. The van der Waals surface area contributed by atoms with Crippen molar-refractivity contribution in [2.75, 3.05) is 6.54 Å². The topological polar surface area (TPSA) is 38.9 Å². The zero-order chi connectivity index (χ0) is 13.8. The highest BCUT2D eigenvalue weighted by Crippen LogP contribution is 2.35. The molecule has 0 fully saturated rings. The molecular formula is C15H17ClN2S. The minimum Gasteiger partial charge on any atom is -0.330 e. The van der Waals surface area contributed by atoms with Gasteiger partial charge in [0.25, 0.3) is 0 Å². The normalized spacial score (nSPS) is 10.7. The van der Waals surface area contributed by atoms with E-state index in [2.05, 4.69) is 30.1 Å². The van der Waals surface area contributed by atoms with Crippen molar-refractivity contribution in [3.8, 4) is 0 Å². The second-order valence-corrected chi connectivity index (χ2v) is 5.93. The van der Waals surface area contributed by atoms with Crippen LogP contribution < -0.4 is 5.73 Å². The Balaban J connectivity index is 2.36. The highest BCUT2D eigenvalue weighted by molar-refractivity contribution is 7.99. The molecule has 4 heteroatoms. The molecule has 0 radical (unpaired) electrons. The lowest BCUT2D eigenvalue weighted by molar-refractivity contribution is 0.943. The van der Waals surface area contributed by atoms with Gasteiger partial charge < -0.3 is 5.73 Å². The molecule has 1 heterocycles. The van der Waals surface area contributed by atoms with E-state index in [1.165, 1.54) is 11.1 Å². The van der Waals surface area contributed by atoms with E-state index in [1.54, 1.807) is 11.8 Å². The molecule has 19 heavy (non-hydrogen) atoms. The second kappa shape index (κ2) is 6.42. The molecule has 0 aliphatic carbocycles. The van der Waals surface area contributed by atoms with Gasteiger partial charge in [0.15, 0.2) is 0 Å². The summed E-state index contributed by atoms with van der Waals surface area (Å²) < 4.78 is 0. The van der Waals surface area contributed by atoms with Gasteiger partial charge in [-0.2, -0.15) is 0 Å². The van der Waals surface area contributed by atoms with Gasteiger partial charge in [-0.25, -0.2) is 4.98 Å². The fraction of sp³-hybridized carbons (Fsp3) is 0.267. The van der Waals surface area contributed by atoms with Gasteiger partial charge in [0, 0.05) is 10.6 Å². The van der Waals surface area contributed by atoms with Gasteiger partial charge in [0.05, 0.1) is 5.02 Å². The second-order valence-electron chi connectivity index (χ2n) is 4.49. The Kier molecular flexibility index (Phi) is 4.86. The van der Waals surface area contributed by atoms with Gasteiger partial charge in [0.2, 0.25) is 0 Å². The maximum absolute atomic E-state index is 6.31. The number of benzene rings is 1. The predicted octanol–water partition coefficient (Wildman–Crippen LogP) is 4.00. The number of hydrogen-bond donors (Lipinski definition) is 1. The molecule has 0 aliphatic heterocycles. The van der Waals surface area contributed by atoms with Crippen molar-refractivity contribution in [3.63, 3.8) is 0 Å². The van der Waals surface area contributed by atoms with Crippen LogP contribution in [0.2, 0.25) is 5.02 Å². The third-order valence-electron chi connectivity index (χ3n) is 2.74. The number of halogens is 1. The van der Waals surface area contributed by atoms with E-state index >= 15 is 0 Å². The minimum atomic E-state index is 0.619. The number of rotatable bonds is 4. The van der Waals surface area contributed by atoms with E-state index < -0.39 is 0 Å². The van der Waals surface area contributed by atoms with Crippen LogP contribution in [0.1, 0.15) is 16.8 Å². The molecule has 100 valence electrons. The van der Waals surface area contributed by atoms with Crippen LogP contribution in [0.25, 0.3) is 0 Å². The van der Waals surface area contributed by atoms with Gasteiger partial charge in [-0.15, -0.1) is 0 Å². The van der Waals surface area contributed by atoms with E-state index in [0.29, 0.717) is 6.54 Å². The summed E-state index contributed by atoms with van der Waals surface area (Å²) in [5.41, 5.74) is 9.07. The van der Waals surface area contributed by atoms with Gasteiger partial charge in [0.1, 0.15) is 5.03 Å². The van der Waals surface area contributed by atoms with Crippen LogP contribution in [0, 0.1) is 13.8 Å². The van der Waals surface area contributed by atoms with Crippen molar-refractivity contribution in [2.45, 2.75) is 30.2 Å². The molecular weight excluding hydrogens is 276 g/mol. The molecule has 0 unspecified atom stereocenters. The molecule has 0 spiro atoms. The van der Waals surface area contributed by atoms with Crippen molar-refractivity contribution in [1.82, 2.24) is 4.98 Å². The number of pyridine rings is 1. The summed E-state index contributed by atoms with van der Waals surface area (Å²) in [7, 11) is 0. The molecule has 2 rings (SSSR count). The van der Waals surface area contributed by atoms with Crippen LogP contribution in [0.3, 0.4) is 0 Å². The van der Waals surface area contributed by atoms with Crippen molar-refractivity contribution in [3.05, 3.63) is 52.2 Å². The Morgan fingerprint density at radius 2 is 2.05 bits per heavy atom. The lowest BCUT2D eigenvalue weighted by Crippen LogP contribution is -2.04. The van der Waals surface area contributed by atoms with Crippen molar-refractivity contribution in [2.24, 2.45) is 5.73 Å². The quantitative estimate of drug-likeness (QED) is 0.925. The molecule has 0 saturated carbocycles. The lowest BCUT2D eigenvalue weighted by Gasteiger charge is -2.10. The minimum absolute atomic E-state index is 0.619. The van der Waals surface area contributed by atoms with Crippen LogP contribution in [-0.2, 0) is 6.42 Å². The molecule has 0 amide bonds. The average Bonchev–Trinajstić information content (AvgIpc) is 2.32. The Hall–Kier alpha value is -1.03. The Morgan fingerprint density at radius 1 is 1.26 bits per heavy atom. The highest BCUT2D eigenvalue weighted by Gasteiger charge is 2.10. The maximum atomic E-state index is 6.31. The van der Waals surface area contributed by atoms with Gasteiger partial charge in [-0.3, -0.25) is 0 Å². The van der Waals surface area contributed by atoms with Gasteiger partial charge in [-0.05, 0) is 56.1 Å². The highest BCUT2D eigenvalue weighted by atomic mass is 35.5. The number of aromatic nitrogens is 1. The summed E-state index contributed by atoms with van der Waals surface area (Å²) in [6.07, 6.45) is 0.827. The summed E-state index contributed by atoms with van der Waals surface area (Å²) in [5, 5.41) is 1.74. The Morgan fingerprint density at radius 3 is 2.74 bits per heavy atom. The Bertz CT molecular complexity index is 564. The van der Waals surface area contributed by atoms with Crippen molar-refractivity contribution in [1.29, 1.82) is 0 Å². The summed E-state index contributed by atoms with van der Waals surface area (Å²) in [6, 6.07) is 10.1. The number of hydrogen-bond acceptors (Lipinski definition) is 3. The fourth-order valence-electron chi connectivity index (χ4n) is 1.98. The molecule has 1 aromatic carbocycles. The van der Waals surface area contributed by atoms with E-state index in [4.69, 9.17) is 17.3 Å². The molecule has 2 aromatic rings. The third-order valence-corrected chi connectivity index (χ3v) is 4.27. The smallest absolute Gasteiger partial charge is 0.101 e. The fourth-order valence-corrected chi connectivity index (χ4v) is 3.40. The number of aryl methyl sites for hydroxylation is 2. The first-order valence-corrected chi connectivity index (χ1v) is 7.40. The number of nitrogens with two attached hydrogens (primary N) is 1. The molecule has 0 saturated heterocycles. The van der Waals surface area contributed by atoms with E-state index in [0.717, 1.165) is 27.1 Å². The van der Waals surface area contributed by atoms with Crippen LogP contribution in [0.5, 0.6) is 0 Å². The largest absolute Gasteiger partial charge is 0.330 e. The lowest BCUT2D eigenvalue weighted by atomic mass is 10.1. The monoisotopic (exact) mass is 292 g/mol. The average molecular weight is 293 g/mol. The first kappa shape index (κ1) is 14.4. The van der Waals surface area contributed by atoms with Crippen LogP contribution >= 0.6 is 23.4 Å². The molecule has 0 bridgehead atoms. The van der Waals surface area contributed by atoms with E-state index in [-0.39, 0.29) is 0 Å². The molecule has 2 nitrogen and oxygen atoms in total. The first-order valence-electron chi connectivity index (χ1n) is 6.20. The molecule has 0 atom stereocenters. The van der Waals surface area contributed by atoms with Crippen LogP contribution in [-0.4, -0.2) is 11.5 Å². The van der Waals surface area contributed by atoms with Gasteiger partial charge in [-0.1, -0.05) is 35.5 Å². The van der Waals surface area contributed by atoms with Crippen molar-refractivity contribution >= 4 is 23.4 Å². The zero-order valence-electron chi connectivity index (χ0n) is 11.1. The summed E-state index contributed by atoms with van der Waals surface area (Å²) in [5.74, 6) is 0. The molecule has 1 aromatic heterocycles. The van der Waals surface area contributed by atoms with E-state index in [1.807, 2.05) is 19.1 Å². The van der Waals surface area contributed by atoms with Crippen molar-refractivity contribution < 1.29 is 0 Å². The number of nitrogens with zero attached hydrogens (tertiary/aromatic N) is 1. The molecule has 2 N–H and O–H groups in total. The molecule has 0 aliphatic rings. The summed E-state index contributed by atoms with van der Waals surface area (Å²) in [6.45, 7) is 4.70. The van der Waals surface area contributed by atoms with Crippen LogP contribution in [0.15, 0.2) is 40.3 Å².